The number of carbonyl (C=O) groups is 2. The lowest BCUT2D eigenvalue weighted by Gasteiger charge is -2.33. The molecule has 29 heavy (non-hydrogen) atoms. The Bertz CT molecular complexity index is 830. The van der Waals surface area contributed by atoms with Gasteiger partial charge in [-0.25, -0.2) is 4.79 Å². The summed E-state index contributed by atoms with van der Waals surface area (Å²) in [7, 11) is 0. The molecule has 156 valence electrons. The maximum atomic E-state index is 12.5. The second-order valence-electron chi connectivity index (χ2n) is 8.29. The van der Waals surface area contributed by atoms with Crippen LogP contribution in [-0.4, -0.2) is 46.2 Å². The maximum Gasteiger partial charge on any atom is 0.341 e. The van der Waals surface area contributed by atoms with E-state index in [-0.39, 0.29) is 12.5 Å². The molecule has 7 heteroatoms. The highest BCUT2D eigenvalue weighted by molar-refractivity contribution is 8.18. The highest BCUT2D eigenvalue weighted by Gasteiger charge is 2.34. The van der Waals surface area contributed by atoms with Crippen molar-refractivity contribution >= 4 is 34.9 Å². The zero-order chi connectivity index (χ0) is 21.0. The minimum absolute atomic E-state index is 0.199. The second-order valence-corrected chi connectivity index (χ2v) is 9.30. The Labute approximate surface area is 176 Å². The predicted octanol–water partition coefficient (Wildman–Crippen LogP) is 4.41. The molecule has 0 radical (unpaired) electrons. The van der Waals surface area contributed by atoms with Crippen LogP contribution in [0.1, 0.15) is 52.0 Å². The zero-order valence-electron chi connectivity index (χ0n) is 17.2. The number of hydrogen-bond acceptors (Lipinski definition) is 5. The van der Waals surface area contributed by atoms with E-state index in [1.165, 1.54) is 18.2 Å². The number of carboxylic acids is 1. The lowest BCUT2D eigenvalue weighted by atomic mass is 9.82. The number of carbonyl (C=O) groups excluding carboxylic acids is 1. The summed E-state index contributed by atoms with van der Waals surface area (Å²) in [6, 6.07) is 7.41. The molecule has 1 N–H and O–H groups in total. The number of hydrogen-bond donors (Lipinski definition) is 1. The minimum Gasteiger partial charge on any atom is -0.482 e. The van der Waals surface area contributed by atoms with Gasteiger partial charge in [-0.3, -0.25) is 4.79 Å². The number of thioether (sulfide) groups is 1. The van der Waals surface area contributed by atoms with Gasteiger partial charge >= 0.3 is 5.97 Å². The van der Waals surface area contributed by atoms with Gasteiger partial charge in [-0.05, 0) is 66.6 Å². The van der Waals surface area contributed by atoms with Crippen molar-refractivity contribution in [3.8, 4) is 5.75 Å². The van der Waals surface area contributed by atoms with Crippen molar-refractivity contribution in [1.29, 1.82) is 0 Å². The summed E-state index contributed by atoms with van der Waals surface area (Å²) in [5, 5.41) is 9.48. The highest BCUT2D eigenvalue weighted by atomic mass is 32.2. The van der Waals surface area contributed by atoms with Crippen molar-refractivity contribution in [3.63, 3.8) is 0 Å². The van der Waals surface area contributed by atoms with E-state index in [9.17, 15) is 9.59 Å². The average molecular weight is 417 g/mol. The first-order chi connectivity index (χ1) is 13.8. The lowest BCUT2D eigenvalue weighted by molar-refractivity contribution is -0.139. The Morgan fingerprint density at radius 3 is 2.76 bits per heavy atom. The van der Waals surface area contributed by atoms with Crippen LogP contribution in [0, 0.1) is 5.41 Å². The third kappa shape index (κ3) is 5.63. The quantitative estimate of drug-likeness (QED) is 0.716. The number of aliphatic imine (C=N–C) groups is 1. The van der Waals surface area contributed by atoms with Crippen LogP contribution < -0.4 is 4.74 Å². The summed E-state index contributed by atoms with van der Waals surface area (Å²) in [5.41, 5.74) is 1.16. The molecule has 0 bridgehead atoms. The molecule has 6 nitrogen and oxygen atoms in total. The number of benzene rings is 1. The van der Waals surface area contributed by atoms with Gasteiger partial charge in [-0.2, -0.15) is 4.99 Å². The summed E-state index contributed by atoms with van der Waals surface area (Å²) in [4.78, 5) is 30.4. The van der Waals surface area contributed by atoms with Crippen LogP contribution in [0.15, 0.2) is 34.2 Å². The predicted molar refractivity (Wildman–Crippen MR) is 116 cm³/mol. The molecule has 1 amide bonds. The van der Waals surface area contributed by atoms with Gasteiger partial charge in [0.25, 0.3) is 5.91 Å². The Hall–Kier alpha value is -2.28. The average Bonchev–Trinajstić information content (AvgIpc) is 2.94. The molecule has 1 aromatic carbocycles. The summed E-state index contributed by atoms with van der Waals surface area (Å²) >= 11 is 1.45. The monoisotopic (exact) mass is 416 g/mol. The molecule has 1 aromatic rings. The third-order valence-corrected chi connectivity index (χ3v) is 6.37. The lowest BCUT2D eigenvalue weighted by Crippen LogP contribution is -2.38. The molecule has 2 heterocycles. The van der Waals surface area contributed by atoms with Crippen LogP contribution in [0.3, 0.4) is 0 Å². The van der Waals surface area contributed by atoms with Crippen LogP contribution in [0.5, 0.6) is 5.75 Å². The Kier molecular flexibility index (Phi) is 6.67. The van der Waals surface area contributed by atoms with Gasteiger partial charge in [0, 0.05) is 12.6 Å². The Balaban J connectivity index is 1.70. The summed E-state index contributed by atoms with van der Waals surface area (Å²) in [6.07, 6.45) is 6.26. The fourth-order valence-electron chi connectivity index (χ4n) is 3.85. The van der Waals surface area contributed by atoms with Crippen LogP contribution in [0.4, 0.5) is 0 Å². The van der Waals surface area contributed by atoms with Crippen LogP contribution in [0.2, 0.25) is 0 Å². The number of likely N-dealkylation sites (tertiary alicyclic amines) is 1. The maximum absolute atomic E-state index is 12.5. The van der Waals surface area contributed by atoms with Crippen molar-refractivity contribution in [1.82, 2.24) is 4.90 Å². The van der Waals surface area contributed by atoms with E-state index in [0.29, 0.717) is 22.1 Å². The molecule has 0 aromatic heterocycles. The number of ether oxygens (including phenoxy) is 1. The van der Waals surface area contributed by atoms with E-state index in [1.807, 2.05) is 6.08 Å². The third-order valence-electron chi connectivity index (χ3n) is 5.35. The fourth-order valence-corrected chi connectivity index (χ4v) is 4.87. The molecular formula is C22H28N2O4S. The summed E-state index contributed by atoms with van der Waals surface area (Å²) in [5.74, 6) is -0.736. The smallest absolute Gasteiger partial charge is 0.341 e. The van der Waals surface area contributed by atoms with E-state index >= 15 is 0 Å². The van der Waals surface area contributed by atoms with Crippen molar-refractivity contribution < 1.29 is 19.4 Å². The van der Waals surface area contributed by atoms with Gasteiger partial charge in [-0.1, -0.05) is 32.9 Å². The van der Waals surface area contributed by atoms with Crippen molar-refractivity contribution in [2.75, 3.05) is 13.2 Å². The van der Waals surface area contributed by atoms with Gasteiger partial charge in [0.2, 0.25) is 0 Å². The molecule has 2 aliphatic heterocycles. The van der Waals surface area contributed by atoms with Crippen molar-refractivity contribution in [2.45, 2.75) is 52.5 Å². The number of amides is 1. The standard InChI is InChI=1S/C22H28N2O4S/c1-4-16-13-22(2,3)10-5-11-24(16)21-23-20(27)18(29-21)12-15-6-8-17(9-7-15)28-14-19(25)26/h6-9,12,16H,4-5,10-11,13-14H2,1-3H3,(H,25,26)/b18-12-/t16-/m1/s1. The molecule has 1 saturated heterocycles. The van der Waals surface area contributed by atoms with Gasteiger partial charge < -0.3 is 14.7 Å². The number of amidine groups is 1. The van der Waals surface area contributed by atoms with E-state index in [0.717, 1.165) is 36.5 Å². The van der Waals surface area contributed by atoms with E-state index in [2.05, 4.69) is 30.7 Å². The van der Waals surface area contributed by atoms with Crippen LogP contribution in [-0.2, 0) is 9.59 Å². The number of aliphatic carboxylic acids is 1. The molecule has 2 aliphatic rings. The molecule has 0 aliphatic carbocycles. The Morgan fingerprint density at radius 2 is 2.10 bits per heavy atom. The van der Waals surface area contributed by atoms with Gasteiger partial charge in [0.05, 0.1) is 4.91 Å². The largest absolute Gasteiger partial charge is 0.482 e. The molecule has 3 rings (SSSR count). The van der Waals surface area contributed by atoms with E-state index < -0.39 is 5.97 Å². The molecule has 0 saturated carbocycles. The first-order valence-electron chi connectivity index (χ1n) is 10.0. The highest BCUT2D eigenvalue weighted by Crippen LogP contribution is 2.38. The van der Waals surface area contributed by atoms with Gasteiger partial charge in [-0.15, -0.1) is 0 Å². The van der Waals surface area contributed by atoms with Crippen molar-refractivity contribution in [2.24, 2.45) is 10.4 Å². The minimum atomic E-state index is -1.02. The first-order valence-corrected chi connectivity index (χ1v) is 10.8. The molecule has 0 unspecified atom stereocenters. The SMILES string of the molecule is CC[C@@H]1CC(C)(C)CCCN1C1=NC(=O)/C(=C/c2ccc(OCC(=O)O)cc2)S1. The van der Waals surface area contributed by atoms with Crippen LogP contribution in [0.25, 0.3) is 6.08 Å². The van der Waals surface area contributed by atoms with E-state index in [4.69, 9.17) is 9.84 Å². The zero-order valence-corrected chi connectivity index (χ0v) is 18.0. The fraction of sp³-hybridized carbons (Fsp3) is 0.500. The summed E-state index contributed by atoms with van der Waals surface area (Å²) < 4.78 is 5.14. The first kappa shape index (κ1) is 21.4. The topological polar surface area (TPSA) is 79.2 Å². The normalized spacial score (nSPS) is 23.1. The van der Waals surface area contributed by atoms with Crippen LogP contribution >= 0.6 is 11.8 Å². The number of carboxylic acid groups (broad SMARTS) is 1. The second kappa shape index (κ2) is 9.03. The summed E-state index contributed by atoms with van der Waals surface area (Å²) in [6.45, 7) is 7.40. The number of rotatable bonds is 5. The van der Waals surface area contributed by atoms with Crippen molar-refractivity contribution in [3.05, 3.63) is 34.7 Å². The molecular weight excluding hydrogens is 388 g/mol. The molecule has 0 spiro atoms. The van der Waals surface area contributed by atoms with Gasteiger partial charge in [0.15, 0.2) is 11.8 Å². The Morgan fingerprint density at radius 1 is 1.38 bits per heavy atom. The van der Waals surface area contributed by atoms with Gasteiger partial charge in [0.1, 0.15) is 5.75 Å². The number of nitrogens with zero attached hydrogens (tertiary/aromatic N) is 2. The molecule has 1 atom stereocenters. The van der Waals surface area contributed by atoms with E-state index in [1.54, 1.807) is 24.3 Å². The molecule has 1 fully saturated rings.